The second-order valence-corrected chi connectivity index (χ2v) is 4.47. The maximum Gasteiger partial charge on any atom is 0.309 e. The molecule has 0 amide bonds. The summed E-state index contributed by atoms with van der Waals surface area (Å²) in [5.74, 6) is -0.997. The summed E-state index contributed by atoms with van der Waals surface area (Å²) < 4.78 is 5.65. The molecule has 2 N–H and O–H groups in total. The summed E-state index contributed by atoms with van der Waals surface area (Å²) in [5.41, 5.74) is 0. The Labute approximate surface area is 91.0 Å². The summed E-state index contributed by atoms with van der Waals surface area (Å²) >= 11 is 0. The Balaban J connectivity index is 2.29. The van der Waals surface area contributed by atoms with Gasteiger partial charge in [-0.05, 0) is 31.8 Å². The molecule has 0 unspecified atom stereocenters. The lowest BCUT2D eigenvalue weighted by atomic mass is 9.97. The Bertz CT molecular complexity index is 200. The molecular weight excluding hydrogens is 194 g/mol. The quantitative estimate of drug-likeness (QED) is 0.721. The molecule has 1 aliphatic heterocycles. The Morgan fingerprint density at radius 1 is 1.47 bits per heavy atom. The largest absolute Gasteiger partial charge is 0.481 e. The van der Waals surface area contributed by atoms with Gasteiger partial charge in [0.2, 0.25) is 0 Å². The van der Waals surface area contributed by atoms with Crippen LogP contribution in [0.5, 0.6) is 0 Å². The minimum atomic E-state index is -0.751. The first-order valence-electron chi connectivity index (χ1n) is 5.66. The van der Waals surface area contributed by atoms with Gasteiger partial charge in [0, 0.05) is 0 Å². The standard InChI is InChI=1S/C11H21NO3/c1-8(2)10(11(13)14)7-15-9-3-5-12-6-4-9/h8-10,12H,3-7H2,1-2H3,(H,13,14)/t10-/m0/s1. The van der Waals surface area contributed by atoms with E-state index >= 15 is 0 Å². The van der Waals surface area contributed by atoms with Gasteiger partial charge in [0.25, 0.3) is 0 Å². The van der Waals surface area contributed by atoms with Crippen molar-refractivity contribution in [3.8, 4) is 0 Å². The van der Waals surface area contributed by atoms with Crippen LogP contribution in [-0.4, -0.2) is 36.9 Å². The molecule has 1 saturated heterocycles. The Morgan fingerprint density at radius 2 is 2.07 bits per heavy atom. The van der Waals surface area contributed by atoms with E-state index in [9.17, 15) is 4.79 Å². The van der Waals surface area contributed by atoms with Crippen molar-refractivity contribution in [1.82, 2.24) is 5.32 Å². The van der Waals surface area contributed by atoms with E-state index in [2.05, 4.69) is 5.32 Å². The van der Waals surface area contributed by atoms with Gasteiger partial charge in [-0.3, -0.25) is 4.79 Å². The summed E-state index contributed by atoms with van der Waals surface area (Å²) in [6, 6.07) is 0. The van der Waals surface area contributed by atoms with Crippen molar-refractivity contribution in [1.29, 1.82) is 0 Å². The molecule has 0 radical (unpaired) electrons. The molecule has 0 aromatic rings. The number of nitrogens with one attached hydrogen (secondary N) is 1. The third-order valence-electron chi connectivity index (χ3n) is 2.92. The van der Waals surface area contributed by atoms with E-state index in [4.69, 9.17) is 9.84 Å². The van der Waals surface area contributed by atoms with Crippen LogP contribution < -0.4 is 5.32 Å². The number of carboxylic acids is 1. The van der Waals surface area contributed by atoms with Crippen molar-refractivity contribution in [2.24, 2.45) is 11.8 Å². The first-order chi connectivity index (χ1) is 7.11. The molecule has 1 atom stereocenters. The molecule has 1 aliphatic rings. The second kappa shape index (κ2) is 6.08. The Hall–Kier alpha value is -0.610. The van der Waals surface area contributed by atoms with Crippen LogP contribution in [0.4, 0.5) is 0 Å². The van der Waals surface area contributed by atoms with Gasteiger partial charge in [0.15, 0.2) is 0 Å². The number of carboxylic acid groups (broad SMARTS) is 1. The van der Waals surface area contributed by atoms with Crippen LogP contribution in [0.2, 0.25) is 0 Å². The number of rotatable bonds is 5. The molecule has 0 aromatic heterocycles. The molecule has 88 valence electrons. The summed E-state index contributed by atoms with van der Waals surface area (Å²) in [6.07, 6.45) is 2.22. The zero-order valence-electron chi connectivity index (χ0n) is 9.53. The average Bonchev–Trinajstić information content (AvgIpc) is 2.18. The summed E-state index contributed by atoms with van der Waals surface area (Å²) in [5, 5.41) is 12.2. The lowest BCUT2D eigenvalue weighted by Gasteiger charge is -2.25. The molecule has 0 bridgehead atoms. The average molecular weight is 215 g/mol. The molecule has 0 spiro atoms. The fraction of sp³-hybridized carbons (Fsp3) is 0.909. The van der Waals surface area contributed by atoms with Gasteiger partial charge in [-0.25, -0.2) is 0 Å². The van der Waals surface area contributed by atoms with Gasteiger partial charge in [0.1, 0.15) is 0 Å². The highest BCUT2D eigenvalue weighted by Gasteiger charge is 2.23. The van der Waals surface area contributed by atoms with E-state index in [-0.39, 0.29) is 17.9 Å². The molecule has 0 aliphatic carbocycles. The number of ether oxygens (including phenoxy) is 1. The predicted octanol–water partition coefficient (Wildman–Crippen LogP) is 1.11. The van der Waals surface area contributed by atoms with Gasteiger partial charge in [-0.1, -0.05) is 13.8 Å². The molecule has 1 heterocycles. The van der Waals surface area contributed by atoms with Gasteiger partial charge < -0.3 is 15.2 Å². The van der Waals surface area contributed by atoms with Gasteiger partial charge >= 0.3 is 5.97 Å². The number of piperidine rings is 1. The summed E-state index contributed by atoms with van der Waals surface area (Å²) in [4.78, 5) is 10.9. The van der Waals surface area contributed by atoms with Gasteiger partial charge in [-0.15, -0.1) is 0 Å². The van der Waals surface area contributed by atoms with Crippen LogP contribution in [0.1, 0.15) is 26.7 Å². The Kier molecular flexibility index (Phi) is 5.05. The maximum atomic E-state index is 10.9. The molecule has 1 rings (SSSR count). The van der Waals surface area contributed by atoms with E-state index < -0.39 is 5.97 Å². The third kappa shape index (κ3) is 4.18. The van der Waals surface area contributed by atoms with E-state index in [0.29, 0.717) is 6.61 Å². The van der Waals surface area contributed by atoms with Gasteiger partial charge in [-0.2, -0.15) is 0 Å². The van der Waals surface area contributed by atoms with Crippen molar-refractivity contribution in [2.75, 3.05) is 19.7 Å². The zero-order chi connectivity index (χ0) is 11.3. The highest BCUT2D eigenvalue weighted by molar-refractivity contribution is 5.70. The molecule has 1 fully saturated rings. The van der Waals surface area contributed by atoms with Crippen molar-refractivity contribution < 1.29 is 14.6 Å². The summed E-state index contributed by atoms with van der Waals surface area (Å²) in [7, 11) is 0. The number of hydrogen-bond donors (Lipinski definition) is 2. The normalized spacial score (nSPS) is 20.5. The van der Waals surface area contributed by atoms with Crippen LogP contribution in [0.25, 0.3) is 0 Å². The van der Waals surface area contributed by atoms with Crippen LogP contribution in [-0.2, 0) is 9.53 Å². The van der Waals surface area contributed by atoms with Crippen molar-refractivity contribution >= 4 is 5.97 Å². The van der Waals surface area contributed by atoms with Crippen molar-refractivity contribution in [2.45, 2.75) is 32.8 Å². The number of aliphatic carboxylic acids is 1. The van der Waals surface area contributed by atoms with E-state index in [1.165, 1.54) is 0 Å². The van der Waals surface area contributed by atoms with Crippen LogP contribution in [0.3, 0.4) is 0 Å². The van der Waals surface area contributed by atoms with Crippen molar-refractivity contribution in [3.05, 3.63) is 0 Å². The maximum absolute atomic E-state index is 10.9. The number of carbonyl (C=O) groups is 1. The smallest absolute Gasteiger partial charge is 0.309 e. The number of hydrogen-bond acceptors (Lipinski definition) is 3. The first-order valence-corrected chi connectivity index (χ1v) is 5.66. The molecule has 15 heavy (non-hydrogen) atoms. The fourth-order valence-corrected chi connectivity index (χ4v) is 1.75. The lowest BCUT2D eigenvalue weighted by molar-refractivity contribution is -0.147. The Morgan fingerprint density at radius 3 is 2.53 bits per heavy atom. The summed E-state index contributed by atoms with van der Waals surface area (Å²) in [6.45, 7) is 6.14. The topological polar surface area (TPSA) is 58.6 Å². The zero-order valence-corrected chi connectivity index (χ0v) is 9.53. The lowest BCUT2D eigenvalue weighted by Crippen LogP contribution is -2.35. The SMILES string of the molecule is CC(C)[C@H](COC1CCNCC1)C(=O)O. The van der Waals surface area contributed by atoms with Crippen LogP contribution >= 0.6 is 0 Å². The monoisotopic (exact) mass is 215 g/mol. The molecule has 0 saturated carbocycles. The highest BCUT2D eigenvalue weighted by Crippen LogP contribution is 2.15. The minimum Gasteiger partial charge on any atom is -0.481 e. The van der Waals surface area contributed by atoms with E-state index in [0.717, 1.165) is 25.9 Å². The first kappa shape index (κ1) is 12.5. The molecular formula is C11H21NO3. The van der Waals surface area contributed by atoms with E-state index in [1.54, 1.807) is 0 Å². The third-order valence-corrected chi connectivity index (χ3v) is 2.92. The van der Waals surface area contributed by atoms with Crippen LogP contribution in [0.15, 0.2) is 0 Å². The second-order valence-electron chi connectivity index (χ2n) is 4.47. The van der Waals surface area contributed by atoms with Gasteiger partial charge in [0.05, 0.1) is 18.6 Å². The molecule has 4 nitrogen and oxygen atoms in total. The molecule has 4 heteroatoms. The predicted molar refractivity (Wildman–Crippen MR) is 57.8 cm³/mol. The highest BCUT2D eigenvalue weighted by atomic mass is 16.5. The van der Waals surface area contributed by atoms with E-state index in [1.807, 2.05) is 13.8 Å². The minimum absolute atomic E-state index is 0.129. The van der Waals surface area contributed by atoms with Crippen molar-refractivity contribution in [3.63, 3.8) is 0 Å². The molecule has 0 aromatic carbocycles. The van der Waals surface area contributed by atoms with Crippen LogP contribution in [0, 0.1) is 11.8 Å². The fourth-order valence-electron chi connectivity index (χ4n) is 1.75.